The fraction of sp³-hybridized carbons (Fsp3) is 0.684. The van der Waals surface area contributed by atoms with Crippen LogP contribution in [0.3, 0.4) is 0 Å². The molecule has 22 heavy (non-hydrogen) atoms. The van der Waals surface area contributed by atoms with Crippen molar-refractivity contribution in [3.63, 3.8) is 0 Å². The van der Waals surface area contributed by atoms with E-state index in [1.807, 2.05) is 13.0 Å². The lowest BCUT2D eigenvalue weighted by Crippen LogP contribution is -2.25. The van der Waals surface area contributed by atoms with Crippen molar-refractivity contribution in [1.29, 1.82) is 0 Å². The smallest absolute Gasteiger partial charge is 0.123 e. The molecule has 2 N–H and O–H groups in total. The van der Waals surface area contributed by atoms with Crippen molar-refractivity contribution in [3.05, 3.63) is 29.3 Å². The Kier molecular flexibility index (Phi) is 6.89. The molecule has 1 aromatic carbocycles. The molecular weight excluding hydrogens is 276 g/mol. The molecule has 0 bridgehead atoms. The first kappa shape index (κ1) is 19.0. The van der Waals surface area contributed by atoms with Gasteiger partial charge in [0, 0.05) is 0 Å². The van der Waals surface area contributed by atoms with Gasteiger partial charge >= 0.3 is 0 Å². The minimum atomic E-state index is -0.696. The van der Waals surface area contributed by atoms with Gasteiger partial charge in [0.05, 0.1) is 18.8 Å². The van der Waals surface area contributed by atoms with Crippen molar-refractivity contribution in [1.82, 2.24) is 0 Å². The molecule has 0 aliphatic carbocycles. The van der Waals surface area contributed by atoms with Crippen LogP contribution in [0.25, 0.3) is 0 Å². The highest BCUT2D eigenvalue weighted by atomic mass is 16.5. The van der Waals surface area contributed by atoms with Crippen molar-refractivity contribution in [2.45, 2.75) is 77.9 Å². The fourth-order valence-electron chi connectivity index (χ4n) is 2.70. The number of aliphatic hydroxyl groups is 2. The predicted molar refractivity (Wildman–Crippen MR) is 91.6 cm³/mol. The van der Waals surface area contributed by atoms with Crippen LogP contribution in [0, 0.1) is 0 Å². The molecular formula is C19H32O3. The summed E-state index contributed by atoms with van der Waals surface area (Å²) in [5, 5.41) is 19.5. The van der Waals surface area contributed by atoms with Crippen LogP contribution in [0.15, 0.2) is 18.2 Å². The van der Waals surface area contributed by atoms with Gasteiger partial charge in [-0.15, -0.1) is 0 Å². The van der Waals surface area contributed by atoms with Crippen LogP contribution >= 0.6 is 0 Å². The summed E-state index contributed by atoms with van der Waals surface area (Å²) in [5.74, 6) is 1.17. The second-order valence-electron chi connectivity index (χ2n) is 7.09. The zero-order chi connectivity index (χ0) is 16.9. The van der Waals surface area contributed by atoms with Gasteiger partial charge in [-0.25, -0.2) is 0 Å². The highest BCUT2D eigenvalue weighted by Gasteiger charge is 2.23. The maximum absolute atomic E-state index is 9.98. The molecule has 1 aromatic rings. The minimum Gasteiger partial charge on any atom is -0.494 e. The van der Waals surface area contributed by atoms with Gasteiger partial charge in [0.2, 0.25) is 0 Å². The maximum Gasteiger partial charge on any atom is 0.123 e. The van der Waals surface area contributed by atoms with E-state index in [0.29, 0.717) is 13.0 Å². The molecule has 3 heteroatoms. The Balaban J connectivity index is 3.13. The largest absolute Gasteiger partial charge is 0.494 e. The summed E-state index contributed by atoms with van der Waals surface area (Å²) < 4.78 is 5.76. The van der Waals surface area contributed by atoms with Crippen molar-refractivity contribution >= 4 is 0 Å². The predicted octanol–water partition coefficient (Wildman–Crippen LogP) is 4.01. The van der Waals surface area contributed by atoms with Gasteiger partial charge in [0.15, 0.2) is 0 Å². The highest BCUT2D eigenvalue weighted by Crippen LogP contribution is 2.36. The number of benzene rings is 1. The number of ether oxygens (including phenoxy) is 1. The lowest BCUT2D eigenvalue weighted by atomic mass is 9.82. The van der Waals surface area contributed by atoms with Crippen molar-refractivity contribution in [2.24, 2.45) is 0 Å². The Hall–Kier alpha value is -1.06. The van der Waals surface area contributed by atoms with Crippen LogP contribution in [0.2, 0.25) is 0 Å². The first-order valence-electron chi connectivity index (χ1n) is 8.34. The molecule has 0 amide bonds. The molecule has 3 atom stereocenters. The van der Waals surface area contributed by atoms with Crippen molar-refractivity contribution < 1.29 is 14.9 Å². The Labute approximate surface area is 135 Å². The lowest BCUT2D eigenvalue weighted by molar-refractivity contribution is 0.0215. The third-order valence-corrected chi connectivity index (χ3v) is 4.16. The third kappa shape index (κ3) is 4.99. The number of aliphatic hydroxyl groups excluding tert-OH is 2. The molecule has 0 saturated heterocycles. The zero-order valence-electron chi connectivity index (χ0n) is 14.9. The monoisotopic (exact) mass is 308 g/mol. The molecule has 0 aromatic heterocycles. The summed E-state index contributed by atoms with van der Waals surface area (Å²) in [4.78, 5) is 0. The first-order chi connectivity index (χ1) is 10.2. The molecule has 1 rings (SSSR count). The van der Waals surface area contributed by atoms with Crippen LogP contribution < -0.4 is 4.74 Å². The topological polar surface area (TPSA) is 49.7 Å². The molecule has 0 radical (unpaired) electrons. The summed E-state index contributed by atoms with van der Waals surface area (Å²) in [7, 11) is 0. The summed E-state index contributed by atoms with van der Waals surface area (Å²) in [5.41, 5.74) is 2.40. The standard InChI is InChI=1S/C19H32O3/c1-7-14(12-17(21)13(3)20)15-9-10-18(22-8-2)16(11-15)19(4,5)6/h9-11,13-14,17,20-21H,7-8,12H2,1-6H3. The molecule has 3 nitrogen and oxygen atoms in total. The number of hydrogen-bond donors (Lipinski definition) is 2. The van der Waals surface area contributed by atoms with Crippen LogP contribution in [0.1, 0.15) is 71.4 Å². The fourth-order valence-corrected chi connectivity index (χ4v) is 2.70. The Morgan fingerprint density at radius 3 is 2.23 bits per heavy atom. The average Bonchev–Trinajstić information content (AvgIpc) is 2.44. The van der Waals surface area contributed by atoms with Gasteiger partial charge in [-0.05, 0) is 55.2 Å². The lowest BCUT2D eigenvalue weighted by Gasteiger charge is -2.26. The summed E-state index contributed by atoms with van der Waals surface area (Å²) in [6, 6.07) is 6.33. The molecule has 0 spiro atoms. The van der Waals surface area contributed by atoms with Gasteiger partial charge in [-0.3, -0.25) is 0 Å². The second kappa shape index (κ2) is 7.98. The van der Waals surface area contributed by atoms with Gasteiger partial charge < -0.3 is 14.9 Å². The van der Waals surface area contributed by atoms with E-state index in [2.05, 4.69) is 39.8 Å². The third-order valence-electron chi connectivity index (χ3n) is 4.16. The van der Waals surface area contributed by atoms with E-state index in [0.717, 1.165) is 12.2 Å². The molecule has 3 unspecified atom stereocenters. The molecule has 0 heterocycles. The summed E-state index contributed by atoms with van der Waals surface area (Å²) in [6.07, 6.45) is 0.126. The van der Waals surface area contributed by atoms with E-state index in [4.69, 9.17) is 4.74 Å². The van der Waals surface area contributed by atoms with Crippen LogP contribution in [0.4, 0.5) is 0 Å². The molecule has 0 saturated carbocycles. The second-order valence-corrected chi connectivity index (χ2v) is 7.09. The SMILES string of the molecule is CCOc1ccc(C(CC)CC(O)C(C)O)cc1C(C)(C)C. The zero-order valence-corrected chi connectivity index (χ0v) is 14.9. The van der Waals surface area contributed by atoms with Gasteiger partial charge in [0.1, 0.15) is 5.75 Å². The highest BCUT2D eigenvalue weighted by molar-refractivity contribution is 5.42. The van der Waals surface area contributed by atoms with E-state index in [9.17, 15) is 10.2 Å². The number of hydrogen-bond acceptors (Lipinski definition) is 3. The Morgan fingerprint density at radius 1 is 1.14 bits per heavy atom. The van der Waals surface area contributed by atoms with Gasteiger partial charge in [-0.1, -0.05) is 39.8 Å². The van der Waals surface area contributed by atoms with Gasteiger partial charge in [0.25, 0.3) is 0 Å². The summed E-state index contributed by atoms with van der Waals surface area (Å²) >= 11 is 0. The van der Waals surface area contributed by atoms with Crippen molar-refractivity contribution in [3.8, 4) is 5.75 Å². The first-order valence-corrected chi connectivity index (χ1v) is 8.34. The normalized spacial score (nSPS) is 16.2. The average molecular weight is 308 g/mol. The van der Waals surface area contributed by atoms with E-state index < -0.39 is 12.2 Å². The van der Waals surface area contributed by atoms with E-state index >= 15 is 0 Å². The Bertz CT molecular complexity index is 460. The van der Waals surface area contributed by atoms with E-state index in [1.165, 1.54) is 11.1 Å². The molecule has 0 aliphatic rings. The maximum atomic E-state index is 9.98. The molecule has 0 fully saturated rings. The minimum absolute atomic E-state index is 0.00168. The van der Waals surface area contributed by atoms with E-state index in [1.54, 1.807) is 6.92 Å². The van der Waals surface area contributed by atoms with Gasteiger partial charge in [-0.2, -0.15) is 0 Å². The van der Waals surface area contributed by atoms with Crippen LogP contribution in [0.5, 0.6) is 5.75 Å². The molecule has 0 aliphatic heterocycles. The Morgan fingerprint density at radius 2 is 1.77 bits per heavy atom. The van der Waals surface area contributed by atoms with Crippen LogP contribution in [-0.2, 0) is 5.41 Å². The van der Waals surface area contributed by atoms with Crippen LogP contribution in [-0.4, -0.2) is 29.0 Å². The van der Waals surface area contributed by atoms with E-state index in [-0.39, 0.29) is 11.3 Å². The summed E-state index contributed by atoms with van der Waals surface area (Å²) in [6.45, 7) is 12.9. The number of rotatable bonds is 7. The molecule has 126 valence electrons. The quantitative estimate of drug-likeness (QED) is 0.800. The van der Waals surface area contributed by atoms with Crippen molar-refractivity contribution in [2.75, 3.05) is 6.61 Å².